The molecular formula is C10H9Br2O3-. The first-order valence-electron chi connectivity index (χ1n) is 4.16. The molecule has 0 heterocycles. The van der Waals surface area contributed by atoms with Crippen molar-refractivity contribution in [1.82, 2.24) is 0 Å². The van der Waals surface area contributed by atoms with Crippen molar-refractivity contribution < 1.29 is 15.0 Å². The molecule has 0 atom stereocenters. The van der Waals surface area contributed by atoms with E-state index in [4.69, 9.17) is 0 Å². The summed E-state index contributed by atoms with van der Waals surface area (Å²) in [6.07, 6.45) is 0. The molecule has 0 saturated carbocycles. The quantitative estimate of drug-likeness (QED) is 0.897. The number of halogens is 2. The Balaban J connectivity index is 3.34. The Morgan fingerprint density at radius 3 is 2.07 bits per heavy atom. The van der Waals surface area contributed by atoms with Crippen LogP contribution in [0.2, 0.25) is 0 Å². The number of rotatable bonds is 2. The predicted molar refractivity (Wildman–Crippen MR) is 61.5 cm³/mol. The van der Waals surface area contributed by atoms with Crippen LogP contribution in [0.1, 0.15) is 19.4 Å². The van der Waals surface area contributed by atoms with Crippen molar-refractivity contribution in [2.45, 2.75) is 19.3 Å². The molecule has 1 aromatic rings. The number of benzene rings is 1. The van der Waals surface area contributed by atoms with Gasteiger partial charge in [0.1, 0.15) is 5.75 Å². The number of phenols is 1. The molecular weight excluding hydrogens is 328 g/mol. The molecule has 82 valence electrons. The number of aliphatic carboxylic acids is 1. The second kappa shape index (κ2) is 4.14. The van der Waals surface area contributed by atoms with Crippen molar-refractivity contribution in [2.75, 3.05) is 0 Å². The minimum absolute atomic E-state index is 0.0490. The molecule has 0 unspecified atom stereocenters. The second-order valence-electron chi connectivity index (χ2n) is 3.70. The SMILES string of the molecule is CC(C)(C(=O)[O-])c1cc(Br)c(O)c(Br)c1. The summed E-state index contributed by atoms with van der Waals surface area (Å²) in [5.74, 6) is -1.11. The van der Waals surface area contributed by atoms with E-state index in [0.29, 0.717) is 14.5 Å². The standard InChI is InChI=1S/C10H10Br2O3/c1-10(2,9(14)15)5-3-6(11)8(13)7(12)4-5/h3-4,13H,1-2H3,(H,14,15)/p-1. The maximum absolute atomic E-state index is 10.9. The molecule has 1 rings (SSSR count). The van der Waals surface area contributed by atoms with Crippen molar-refractivity contribution in [3.63, 3.8) is 0 Å². The number of carboxylic acids is 1. The first-order valence-corrected chi connectivity index (χ1v) is 5.75. The predicted octanol–water partition coefficient (Wildman–Crippen LogP) is 1.94. The van der Waals surface area contributed by atoms with Gasteiger partial charge in [-0.3, -0.25) is 0 Å². The normalized spacial score (nSPS) is 11.5. The number of carbonyl (C=O) groups is 1. The summed E-state index contributed by atoms with van der Waals surface area (Å²) in [7, 11) is 0. The number of carbonyl (C=O) groups excluding carboxylic acids is 1. The molecule has 0 fully saturated rings. The van der Waals surface area contributed by atoms with E-state index in [2.05, 4.69) is 31.9 Å². The van der Waals surface area contributed by atoms with Crippen LogP contribution < -0.4 is 5.11 Å². The molecule has 0 aliphatic carbocycles. The van der Waals surface area contributed by atoms with Crippen LogP contribution >= 0.6 is 31.9 Å². The summed E-state index contributed by atoms with van der Waals surface area (Å²) < 4.78 is 0.891. The van der Waals surface area contributed by atoms with E-state index in [1.165, 1.54) is 0 Å². The molecule has 0 aliphatic heterocycles. The third-order valence-corrected chi connectivity index (χ3v) is 3.46. The van der Waals surface area contributed by atoms with Gasteiger partial charge < -0.3 is 15.0 Å². The van der Waals surface area contributed by atoms with E-state index in [-0.39, 0.29) is 5.75 Å². The van der Waals surface area contributed by atoms with Crippen molar-refractivity contribution in [2.24, 2.45) is 0 Å². The smallest absolute Gasteiger partial charge is 0.143 e. The largest absolute Gasteiger partial charge is 0.549 e. The Hall–Kier alpha value is -0.550. The van der Waals surface area contributed by atoms with Gasteiger partial charge in [0, 0.05) is 5.41 Å². The lowest BCUT2D eigenvalue weighted by atomic mass is 9.85. The first-order chi connectivity index (χ1) is 6.76. The van der Waals surface area contributed by atoms with Crippen LogP contribution in [0.4, 0.5) is 0 Å². The fraction of sp³-hybridized carbons (Fsp3) is 0.300. The summed E-state index contributed by atoms with van der Waals surface area (Å²) in [6, 6.07) is 3.13. The van der Waals surface area contributed by atoms with Gasteiger partial charge in [0.05, 0.1) is 14.9 Å². The highest BCUT2D eigenvalue weighted by molar-refractivity contribution is 9.11. The van der Waals surface area contributed by atoms with Crippen LogP contribution in [0.15, 0.2) is 21.1 Å². The fourth-order valence-corrected chi connectivity index (χ4v) is 2.23. The van der Waals surface area contributed by atoms with Crippen LogP contribution in [0.25, 0.3) is 0 Å². The Labute approximate surface area is 104 Å². The van der Waals surface area contributed by atoms with E-state index in [1.807, 2.05) is 0 Å². The average Bonchev–Trinajstić information content (AvgIpc) is 2.13. The van der Waals surface area contributed by atoms with Crippen molar-refractivity contribution in [1.29, 1.82) is 0 Å². The van der Waals surface area contributed by atoms with Crippen LogP contribution in [-0.2, 0) is 10.2 Å². The third kappa shape index (κ3) is 2.34. The van der Waals surface area contributed by atoms with Crippen LogP contribution in [0, 0.1) is 0 Å². The maximum atomic E-state index is 10.9. The van der Waals surface area contributed by atoms with Gasteiger partial charge >= 0.3 is 0 Å². The van der Waals surface area contributed by atoms with Gasteiger partial charge in [-0.25, -0.2) is 0 Å². The summed E-state index contributed by atoms with van der Waals surface area (Å²) in [6.45, 7) is 3.10. The molecule has 15 heavy (non-hydrogen) atoms. The van der Waals surface area contributed by atoms with Gasteiger partial charge in [-0.15, -0.1) is 0 Å². The fourth-order valence-electron chi connectivity index (χ4n) is 1.04. The maximum Gasteiger partial charge on any atom is 0.143 e. The first kappa shape index (κ1) is 12.5. The summed E-state index contributed by atoms with van der Waals surface area (Å²) in [5, 5.41) is 20.4. The molecule has 0 radical (unpaired) electrons. The molecule has 0 saturated heterocycles. The van der Waals surface area contributed by atoms with E-state index in [0.717, 1.165) is 0 Å². The van der Waals surface area contributed by atoms with Crippen LogP contribution in [-0.4, -0.2) is 11.1 Å². The number of carboxylic acid groups (broad SMARTS) is 1. The lowest BCUT2D eigenvalue weighted by Crippen LogP contribution is -2.41. The summed E-state index contributed by atoms with van der Waals surface area (Å²) >= 11 is 6.29. The number of phenolic OH excluding ortho intramolecular Hbond substituents is 1. The highest BCUT2D eigenvalue weighted by Gasteiger charge is 2.23. The Morgan fingerprint density at radius 1 is 1.33 bits per heavy atom. The zero-order valence-corrected chi connectivity index (χ0v) is 11.3. The summed E-state index contributed by atoms with van der Waals surface area (Å²) in [5.41, 5.74) is -0.544. The lowest BCUT2D eigenvalue weighted by molar-refractivity contribution is -0.312. The molecule has 0 bridgehead atoms. The minimum Gasteiger partial charge on any atom is -0.549 e. The Kier molecular flexibility index (Phi) is 3.45. The van der Waals surface area contributed by atoms with E-state index >= 15 is 0 Å². The highest BCUT2D eigenvalue weighted by atomic mass is 79.9. The third-order valence-electron chi connectivity index (χ3n) is 2.25. The minimum atomic E-state index is -1.16. The molecule has 1 N–H and O–H groups in total. The molecule has 3 nitrogen and oxygen atoms in total. The topological polar surface area (TPSA) is 60.4 Å². The van der Waals surface area contributed by atoms with Gasteiger partial charge in [0.25, 0.3) is 0 Å². The van der Waals surface area contributed by atoms with E-state index in [9.17, 15) is 15.0 Å². The zero-order valence-electron chi connectivity index (χ0n) is 8.17. The summed E-state index contributed by atoms with van der Waals surface area (Å²) in [4.78, 5) is 10.9. The van der Waals surface area contributed by atoms with Gasteiger partial charge in [0.2, 0.25) is 0 Å². The van der Waals surface area contributed by atoms with Crippen LogP contribution in [0.3, 0.4) is 0 Å². The van der Waals surface area contributed by atoms with Crippen molar-refractivity contribution >= 4 is 37.8 Å². The molecule has 1 aromatic carbocycles. The highest BCUT2D eigenvalue weighted by Crippen LogP contribution is 2.37. The van der Waals surface area contributed by atoms with Gasteiger partial charge in [-0.05, 0) is 49.6 Å². The zero-order chi connectivity index (χ0) is 11.8. The van der Waals surface area contributed by atoms with Gasteiger partial charge in [-0.1, -0.05) is 13.8 Å². The average molecular weight is 337 g/mol. The number of hydrogen-bond acceptors (Lipinski definition) is 3. The Bertz CT molecular complexity index is 390. The van der Waals surface area contributed by atoms with Crippen molar-refractivity contribution in [3.05, 3.63) is 26.6 Å². The Morgan fingerprint density at radius 2 is 1.73 bits per heavy atom. The number of aromatic hydroxyl groups is 1. The van der Waals surface area contributed by atoms with E-state index < -0.39 is 11.4 Å². The van der Waals surface area contributed by atoms with Crippen molar-refractivity contribution in [3.8, 4) is 5.75 Å². The molecule has 0 amide bonds. The van der Waals surface area contributed by atoms with E-state index in [1.54, 1.807) is 26.0 Å². The molecule has 0 aromatic heterocycles. The van der Waals surface area contributed by atoms with Crippen LogP contribution in [0.5, 0.6) is 5.75 Å². The lowest BCUT2D eigenvalue weighted by Gasteiger charge is -2.27. The molecule has 5 heteroatoms. The molecule has 0 spiro atoms. The molecule has 0 aliphatic rings. The monoisotopic (exact) mass is 335 g/mol. The number of hydrogen-bond donors (Lipinski definition) is 1. The van der Waals surface area contributed by atoms with Gasteiger partial charge in [0.15, 0.2) is 0 Å². The van der Waals surface area contributed by atoms with Gasteiger partial charge in [-0.2, -0.15) is 0 Å². The second-order valence-corrected chi connectivity index (χ2v) is 5.41.